The first-order valence-electron chi connectivity index (χ1n) is 4.08. The van der Waals surface area contributed by atoms with Crippen molar-refractivity contribution in [3.8, 4) is 0 Å². The smallest absolute Gasteiger partial charge is 0.233 e. The third-order valence-electron chi connectivity index (χ3n) is 1.52. The average molecular weight is 216 g/mol. The van der Waals surface area contributed by atoms with Crippen LogP contribution in [0.15, 0.2) is 5.16 Å². The van der Waals surface area contributed by atoms with Gasteiger partial charge in [-0.2, -0.15) is 0 Å². The van der Waals surface area contributed by atoms with E-state index < -0.39 is 0 Å². The van der Waals surface area contributed by atoms with E-state index in [9.17, 15) is 4.79 Å². The second kappa shape index (κ2) is 5.55. The van der Waals surface area contributed by atoms with Crippen LogP contribution in [0, 0.1) is 0 Å². The van der Waals surface area contributed by atoms with Gasteiger partial charge in [0.2, 0.25) is 11.1 Å². The molecule has 1 aromatic heterocycles. The summed E-state index contributed by atoms with van der Waals surface area (Å²) in [5, 5.41) is 11.7. The van der Waals surface area contributed by atoms with Gasteiger partial charge in [-0.3, -0.25) is 10.2 Å². The SMILES string of the molecule is Cn1nnnc1SCCCC(=O)NN. The fraction of sp³-hybridized carbons (Fsp3) is 0.667. The molecule has 78 valence electrons. The van der Waals surface area contributed by atoms with Crippen LogP contribution in [0.25, 0.3) is 0 Å². The first-order valence-corrected chi connectivity index (χ1v) is 5.07. The second-order valence-corrected chi connectivity index (χ2v) is 3.67. The Kier molecular flexibility index (Phi) is 4.33. The molecule has 0 atom stereocenters. The Bertz CT molecular complexity index is 300. The molecule has 0 bridgehead atoms. The molecule has 1 heterocycles. The summed E-state index contributed by atoms with van der Waals surface area (Å²) in [6, 6.07) is 0. The number of nitrogens with zero attached hydrogens (tertiary/aromatic N) is 4. The molecule has 14 heavy (non-hydrogen) atoms. The Morgan fingerprint density at radius 1 is 1.71 bits per heavy atom. The number of aromatic nitrogens is 4. The number of amides is 1. The molecule has 0 unspecified atom stereocenters. The molecule has 0 saturated carbocycles. The summed E-state index contributed by atoms with van der Waals surface area (Å²) in [6.45, 7) is 0. The zero-order chi connectivity index (χ0) is 10.4. The summed E-state index contributed by atoms with van der Waals surface area (Å²) in [5.74, 6) is 5.57. The van der Waals surface area contributed by atoms with Crippen LogP contribution in [-0.2, 0) is 11.8 Å². The van der Waals surface area contributed by atoms with Gasteiger partial charge in [-0.05, 0) is 16.8 Å². The number of hydrogen-bond acceptors (Lipinski definition) is 6. The fourth-order valence-corrected chi connectivity index (χ4v) is 1.60. The largest absolute Gasteiger partial charge is 0.294 e. The van der Waals surface area contributed by atoms with Crippen molar-refractivity contribution in [3.63, 3.8) is 0 Å². The molecule has 0 radical (unpaired) electrons. The van der Waals surface area contributed by atoms with Gasteiger partial charge in [0.25, 0.3) is 0 Å². The van der Waals surface area contributed by atoms with Crippen LogP contribution in [0.5, 0.6) is 0 Å². The molecule has 0 aliphatic carbocycles. The minimum Gasteiger partial charge on any atom is -0.294 e. The van der Waals surface area contributed by atoms with Crippen LogP contribution in [0.2, 0.25) is 0 Å². The molecule has 3 N–H and O–H groups in total. The van der Waals surface area contributed by atoms with Gasteiger partial charge < -0.3 is 0 Å². The van der Waals surface area contributed by atoms with Crippen molar-refractivity contribution in [1.82, 2.24) is 25.6 Å². The number of aryl methyl sites for hydroxylation is 1. The van der Waals surface area contributed by atoms with Crippen molar-refractivity contribution in [1.29, 1.82) is 0 Å². The standard InChI is InChI=1S/C6H12N6OS/c1-12-6(9-10-11-12)14-4-2-3-5(13)8-7/h2-4,7H2,1H3,(H,8,13). The number of carbonyl (C=O) groups excluding carboxylic acids is 1. The van der Waals surface area contributed by atoms with Gasteiger partial charge >= 0.3 is 0 Å². The average Bonchev–Trinajstić information content (AvgIpc) is 2.58. The van der Waals surface area contributed by atoms with E-state index in [-0.39, 0.29) is 5.91 Å². The van der Waals surface area contributed by atoms with Crippen molar-refractivity contribution in [3.05, 3.63) is 0 Å². The van der Waals surface area contributed by atoms with Crippen molar-refractivity contribution in [2.45, 2.75) is 18.0 Å². The van der Waals surface area contributed by atoms with Crippen molar-refractivity contribution in [2.75, 3.05) is 5.75 Å². The van der Waals surface area contributed by atoms with Gasteiger partial charge in [0.15, 0.2) is 0 Å². The summed E-state index contributed by atoms with van der Waals surface area (Å²) in [5.41, 5.74) is 2.08. The molecular weight excluding hydrogens is 204 g/mol. The van der Waals surface area contributed by atoms with Gasteiger partial charge in [-0.25, -0.2) is 10.5 Å². The predicted molar refractivity (Wildman–Crippen MR) is 51.1 cm³/mol. The number of hydrazine groups is 1. The molecule has 0 aromatic carbocycles. The van der Waals surface area contributed by atoms with Crippen LogP contribution in [0.4, 0.5) is 0 Å². The summed E-state index contributed by atoms with van der Waals surface area (Å²) in [4.78, 5) is 10.7. The van der Waals surface area contributed by atoms with Gasteiger partial charge in [-0.15, -0.1) is 5.10 Å². The van der Waals surface area contributed by atoms with Gasteiger partial charge in [0, 0.05) is 19.2 Å². The maximum absolute atomic E-state index is 10.7. The Balaban J connectivity index is 2.16. The van der Waals surface area contributed by atoms with Crippen molar-refractivity contribution < 1.29 is 4.79 Å². The number of carbonyl (C=O) groups is 1. The Labute approximate surface area is 85.4 Å². The first-order chi connectivity index (χ1) is 6.74. The molecule has 0 spiro atoms. The zero-order valence-electron chi connectivity index (χ0n) is 7.80. The van der Waals surface area contributed by atoms with Crippen LogP contribution in [0.3, 0.4) is 0 Å². The van der Waals surface area contributed by atoms with Gasteiger partial charge in [0.1, 0.15) is 0 Å². The molecule has 0 fully saturated rings. The number of rotatable bonds is 5. The maximum atomic E-state index is 10.7. The third kappa shape index (κ3) is 3.30. The number of tetrazole rings is 1. The maximum Gasteiger partial charge on any atom is 0.233 e. The minimum absolute atomic E-state index is 0.151. The van der Waals surface area contributed by atoms with E-state index in [4.69, 9.17) is 5.84 Å². The molecule has 0 saturated heterocycles. The lowest BCUT2D eigenvalue weighted by Gasteiger charge is -1.99. The van der Waals surface area contributed by atoms with E-state index in [1.165, 1.54) is 11.8 Å². The molecule has 1 amide bonds. The molecular formula is C6H12N6OS. The summed E-state index contributed by atoms with van der Waals surface area (Å²) < 4.78 is 1.59. The Hall–Kier alpha value is -1.15. The first kappa shape index (κ1) is 10.9. The van der Waals surface area contributed by atoms with E-state index in [2.05, 4.69) is 21.0 Å². The highest BCUT2D eigenvalue weighted by Crippen LogP contribution is 2.13. The van der Waals surface area contributed by atoms with Crippen molar-refractivity contribution >= 4 is 17.7 Å². The predicted octanol–water partition coefficient (Wildman–Crippen LogP) is -0.928. The summed E-state index contributed by atoms with van der Waals surface area (Å²) >= 11 is 1.51. The number of nitrogens with two attached hydrogens (primary N) is 1. The highest BCUT2D eigenvalue weighted by molar-refractivity contribution is 7.99. The van der Waals surface area contributed by atoms with Gasteiger partial charge in [0.05, 0.1) is 0 Å². The second-order valence-electron chi connectivity index (χ2n) is 2.60. The highest BCUT2D eigenvalue weighted by atomic mass is 32.2. The fourth-order valence-electron chi connectivity index (χ4n) is 0.812. The molecule has 7 nitrogen and oxygen atoms in total. The summed E-state index contributed by atoms with van der Waals surface area (Å²) in [7, 11) is 1.77. The molecule has 1 aromatic rings. The van der Waals surface area contributed by atoms with E-state index in [0.717, 1.165) is 17.3 Å². The number of thioether (sulfide) groups is 1. The molecule has 0 aliphatic heterocycles. The van der Waals surface area contributed by atoms with Crippen LogP contribution >= 0.6 is 11.8 Å². The van der Waals surface area contributed by atoms with E-state index >= 15 is 0 Å². The van der Waals surface area contributed by atoms with Crippen LogP contribution in [-0.4, -0.2) is 31.9 Å². The lowest BCUT2D eigenvalue weighted by molar-refractivity contribution is -0.121. The topological polar surface area (TPSA) is 98.7 Å². The monoisotopic (exact) mass is 216 g/mol. The number of hydrogen-bond donors (Lipinski definition) is 2. The molecule has 8 heteroatoms. The normalized spacial score (nSPS) is 10.1. The highest BCUT2D eigenvalue weighted by Gasteiger charge is 2.03. The molecule has 0 aliphatic rings. The number of nitrogens with one attached hydrogen (secondary N) is 1. The Morgan fingerprint density at radius 3 is 3.07 bits per heavy atom. The lowest BCUT2D eigenvalue weighted by atomic mass is 10.3. The van der Waals surface area contributed by atoms with Crippen LogP contribution < -0.4 is 11.3 Å². The molecule has 1 rings (SSSR count). The Morgan fingerprint density at radius 2 is 2.50 bits per heavy atom. The third-order valence-corrected chi connectivity index (χ3v) is 2.62. The van der Waals surface area contributed by atoms with E-state index in [1.54, 1.807) is 11.7 Å². The lowest BCUT2D eigenvalue weighted by Crippen LogP contribution is -2.29. The van der Waals surface area contributed by atoms with E-state index in [0.29, 0.717) is 6.42 Å². The minimum atomic E-state index is -0.151. The quantitative estimate of drug-likeness (QED) is 0.217. The van der Waals surface area contributed by atoms with Crippen LogP contribution in [0.1, 0.15) is 12.8 Å². The van der Waals surface area contributed by atoms with Gasteiger partial charge in [-0.1, -0.05) is 11.8 Å². The van der Waals surface area contributed by atoms with E-state index in [1.807, 2.05) is 0 Å². The van der Waals surface area contributed by atoms with Crippen molar-refractivity contribution in [2.24, 2.45) is 12.9 Å². The summed E-state index contributed by atoms with van der Waals surface area (Å²) in [6.07, 6.45) is 1.18. The zero-order valence-corrected chi connectivity index (χ0v) is 8.62.